The number of Topliss-reactive ketones (excluding diaryl/α,β-unsaturated/α-hetero) is 1. The highest BCUT2D eigenvalue weighted by Gasteiger charge is 2.36. The van der Waals surface area contributed by atoms with Crippen LogP contribution in [-0.4, -0.2) is 12.9 Å². The van der Waals surface area contributed by atoms with E-state index in [1.807, 2.05) is 0 Å². The van der Waals surface area contributed by atoms with Crippen molar-refractivity contribution >= 4 is 5.78 Å². The lowest BCUT2D eigenvalue weighted by molar-refractivity contribution is -0.138. The number of halogens is 3. The van der Waals surface area contributed by atoms with Crippen LogP contribution >= 0.6 is 0 Å². The molecule has 1 aromatic rings. The van der Waals surface area contributed by atoms with Crippen LogP contribution in [0.5, 0.6) is 5.75 Å². The van der Waals surface area contributed by atoms with Crippen LogP contribution < -0.4 is 4.74 Å². The molecule has 17 heavy (non-hydrogen) atoms. The Morgan fingerprint density at radius 3 is 2.47 bits per heavy atom. The summed E-state index contributed by atoms with van der Waals surface area (Å²) in [6.45, 7) is 0. The van der Waals surface area contributed by atoms with Gasteiger partial charge in [0.05, 0.1) is 12.7 Å². The van der Waals surface area contributed by atoms with Crippen molar-refractivity contribution in [1.82, 2.24) is 0 Å². The second-order valence-electron chi connectivity index (χ2n) is 4.05. The fourth-order valence-electron chi connectivity index (χ4n) is 1.66. The molecule has 0 radical (unpaired) electrons. The first-order valence-corrected chi connectivity index (χ1v) is 5.23. The van der Waals surface area contributed by atoms with E-state index in [1.54, 1.807) is 0 Å². The molecule has 0 bridgehead atoms. The van der Waals surface area contributed by atoms with Crippen LogP contribution in [0.25, 0.3) is 0 Å². The number of methoxy groups -OCH3 is 1. The first-order chi connectivity index (χ1) is 7.93. The molecule has 0 aromatic heterocycles. The first kappa shape index (κ1) is 12.0. The van der Waals surface area contributed by atoms with E-state index in [-0.39, 0.29) is 23.0 Å². The number of carbonyl (C=O) groups is 1. The molecule has 0 unspecified atom stereocenters. The third kappa shape index (κ3) is 2.43. The van der Waals surface area contributed by atoms with Crippen molar-refractivity contribution in [2.75, 3.05) is 7.11 Å². The summed E-state index contributed by atoms with van der Waals surface area (Å²) in [5, 5.41) is 0. The summed E-state index contributed by atoms with van der Waals surface area (Å²) in [6, 6.07) is 3.45. The van der Waals surface area contributed by atoms with E-state index in [0.29, 0.717) is 0 Å². The van der Waals surface area contributed by atoms with Gasteiger partial charge in [-0.2, -0.15) is 13.2 Å². The minimum Gasteiger partial charge on any atom is -0.496 e. The Hall–Kier alpha value is -1.52. The molecule has 2 rings (SSSR count). The fourth-order valence-corrected chi connectivity index (χ4v) is 1.66. The van der Waals surface area contributed by atoms with Crippen molar-refractivity contribution in [3.63, 3.8) is 0 Å². The number of rotatable bonds is 3. The Balaban J connectivity index is 2.40. The monoisotopic (exact) mass is 244 g/mol. The molecular weight excluding hydrogens is 233 g/mol. The molecular formula is C12H11F3O2. The van der Waals surface area contributed by atoms with Gasteiger partial charge in [-0.25, -0.2) is 0 Å². The van der Waals surface area contributed by atoms with Crippen molar-refractivity contribution in [2.45, 2.75) is 19.0 Å². The largest absolute Gasteiger partial charge is 0.496 e. The van der Waals surface area contributed by atoms with Crippen LogP contribution in [0, 0.1) is 5.92 Å². The number of ketones is 1. The molecule has 1 aromatic carbocycles. The number of benzene rings is 1. The molecule has 0 heterocycles. The number of ether oxygens (including phenoxy) is 1. The molecule has 0 amide bonds. The number of hydrogen-bond donors (Lipinski definition) is 0. The lowest BCUT2D eigenvalue weighted by atomic mass is 10.0. The van der Waals surface area contributed by atoms with Gasteiger partial charge in [-0.3, -0.25) is 4.79 Å². The standard InChI is InChI=1S/C12H11F3O2/c1-17-10-5-4-8(11(16)7-2-3-7)6-9(10)12(13,14)15/h4-7H,2-3H2,1H3. The molecule has 2 nitrogen and oxygen atoms in total. The van der Waals surface area contributed by atoms with Crippen molar-refractivity contribution in [3.8, 4) is 5.75 Å². The van der Waals surface area contributed by atoms with Gasteiger partial charge in [0, 0.05) is 11.5 Å². The number of alkyl halides is 3. The average Bonchev–Trinajstić information content (AvgIpc) is 3.10. The summed E-state index contributed by atoms with van der Waals surface area (Å²) in [5.41, 5.74) is -0.785. The summed E-state index contributed by atoms with van der Waals surface area (Å²) in [4.78, 5) is 11.7. The van der Waals surface area contributed by atoms with Gasteiger partial charge in [-0.1, -0.05) is 0 Å². The van der Waals surface area contributed by atoms with Gasteiger partial charge in [0.25, 0.3) is 0 Å². The number of carbonyl (C=O) groups excluding carboxylic acids is 1. The SMILES string of the molecule is COc1ccc(C(=O)C2CC2)cc1C(F)(F)F. The van der Waals surface area contributed by atoms with Crippen LogP contribution in [0.15, 0.2) is 18.2 Å². The minimum atomic E-state index is -4.51. The van der Waals surface area contributed by atoms with Crippen LogP contribution in [0.2, 0.25) is 0 Å². The summed E-state index contributed by atoms with van der Waals surface area (Å²) in [6.07, 6.45) is -2.97. The third-order valence-corrected chi connectivity index (χ3v) is 2.74. The minimum absolute atomic E-state index is 0.0931. The van der Waals surface area contributed by atoms with Crippen molar-refractivity contribution in [3.05, 3.63) is 29.3 Å². The van der Waals surface area contributed by atoms with E-state index in [0.717, 1.165) is 18.9 Å². The molecule has 0 saturated heterocycles. The van der Waals surface area contributed by atoms with Crippen molar-refractivity contribution in [1.29, 1.82) is 0 Å². The molecule has 0 N–H and O–H groups in total. The van der Waals surface area contributed by atoms with Gasteiger partial charge >= 0.3 is 6.18 Å². The van der Waals surface area contributed by atoms with E-state index in [1.165, 1.54) is 19.2 Å². The van der Waals surface area contributed by atoms with E-state index in [2.05, 4.69) is 4.74 Å². The van der Waals surface area contributed by atoms with E-state index >= 15 is 0 Å². The van der Waals surface area contributed by atoms with E-state index < -0.39 is 11.7 Å². The maximum absolute atomic E-state index is 12.7. The Morgan fingerprint density at radius 1 is 1.35 bits per heavy atom. The average molecular weight is 244 g/mol. The van der Waals surface area contributed by atoms with Gasteiger partial charge in [0.1, 0.15) is 5.75 Å². The Morgan fingerprint density at radius 2 is 2.00 bits per heavy atom. The summed E-state index contributed by atoms with van der Waals surface area (Å²) < 4.78 is 42.8. The molecule has 0 spiro atoms. The summed E-state index contributed by atoms with van der Waals surface area (Å²) in [7, 11) is 1.17. The lowest BCUT2D eigenvalue weighted by Gasteiger charge is -2.12. The number of hydrogen-bond acceptors (Lipinski definition) is 2. The predicted octanol–water partition coefficient (Wildman–Crippen LogP) is 3.31. The van der Waals surface area contributed by atoms with Crippen LogP contribution in [-0.2, 0) is 6.18 Å². The van der Waals surface area contributed by atoms with Gasteiger partial charge in [0.15, 0.2) is 5.78 Å². The van der Waals surface area contributed by atoms with Crippen LogP contribution in [0.1, 0.15) is 28.8 Å². The van der Waals surface area contributed by atoms with Gasteiger partial charge < -0.3 is 4.74 Å². The van der Waals surface area contributed by atoms with Crippen molar-refractivity contribution < 1.29 is 22.7 Å². The van der Waals surface area contributed by atoms with Gasteiger partial charge in [-0.05, 0) is 31.0 Å². The topological polar surface area (TPSA) is 26.3 Å². The highest BCUT2D eigenvalue weighted by molar-refractivity contribution is 5.99. The molecule has 0 atom stereocenters. The van der Waals surface area contributed by atoms with E-state index in [4.69, 9.17) is 0 Å². The molecule has 5 heteroatoms. The lowest BCUT2D eigenvalue weighted by Crippen LogP contribution is -2.10. The summed E-state index contributed by atoms with van der Waals surface area (Å²) in [5.74, 6) is -0.563. The maximum atomic E-state index is 12.7. The fraction of sp³-hybridized carbons (Fsp3) is 0.417. The smallest absolute Gasteiger partial charge is 0.419 e. The molecule has 1 saturated carbocycles. The third-order valence-electron chi connectivity index (χ3n) is 2.74. The molecule has 1 aliphatic carbocycles. The maximum Gasteiger partial charge on any atom is 0.419 e. The predicted molar refractivity (Wildman–Crippen MR) is 55.1 cm³/mol. The van der Waals surface area contributed by atoms with Crippen molar-refractivity contribution in [2.24, 2.45) is 5.92 Å². The first-order valence-electron chi connectivity index (χ1n) is 5.23. The van der Waals surface area contributed by atoms with Crippen LogP contribution in [0.3, 0.4) is 0 Å². The Bertz CT molecular complexity index is 448. The molecule has 92 valence electrons. The molecule has 0 aliphatic heterocycles. The second-order valence-corrected chi connectivity index (χ2v) is 4.05. The summed E-state index contributed by atoms with van der Waals surface area (Å²) >= 11 is 0. The van der Waals surface area contributed by atoms with Gasteiger partial charge in [0.2, 0.25) is 0 Å². The normalized spacial score (nSPS) is 15.8. The highest BCUT2D eigenvalue weighted by atomic mass is 19.4. The van der Waals surface area contributed by atoms with Gasteiger partial charge in [-0.15, -0.1) is 0 Å². The zero-order chi connectivity index (χ0) is 12.6. The second kappa shape index (κ2) is 4.05. The zero-order valence-electron chi connectivity index (χ0n) is 9.17. The van der Waals surface area contributed by atoms with E-state index in [9.17, 15) is 18.0 Å². The molecule has 1 aliphatic rings. The zero-order valence-corrected chi connectivity index (χ0v) is 9.17. The quantitative estimate of drug-likeness (QED) is 0.762. The Labute approximate surface area is 96.4 Å². The highest BCUT2D eigenvalue weighted by Crippen LogP contribution is 2.38. The van der Waals surface area contributed by atoms with Crippen LogP contribution in [0.4, 0.5) is 13.2 Å². The Kier molecular flexibility index (Phi) is 2.85. The molecule has 1 fully saturated rings.